The normalized spacial score (nSPS) is 18.6. The Kier molecular flexibility index (Phi) is 6.76. The first-order chi connectivity index (χ1) is 26.2. The number of para-hydroxylation sites is 2. The summed E-state index contributed by atoms with van der Waals surface area (Å²) >= 11 is 0. The van der Waals surface area contributed by atoms with Crippen molar-refractivity contribution in [2.75, 3.05) is 0 Å². The van der Waals surface area contributed by atoms with Gasteiger partial charge in [-0.15, -0.1) is 0 Å². The Morgan fingerprint density at radius 2 is 1.11 bits per heavy atom. The monoisotopic (exact) mass is 678 g/mol. The average Bonchev–Trinajstić information content (AvgIpc) is 3.71. The molecule has 2 aliphatic rings. The molecule has 53 heavy (non-hydrogen) atoms. The number of aromatic nitrogens is 2. The molecular weight excluding hydrogens is 641 g/mol. The zero-order chi connectivity index (χ0) is 35.0. The second-order valence-corrected chi connectivity index (χ2v) is 14.9. The predicted octanol–water partition coefficient (Wildman–Crippen LogP) is 13.7. The van der Waals surface area contributed by atoms with E-state index in [9.17, 15) is 0 Å². The maximum atomic E-state index is 2.52. The number of nitrogens with zero attached hydrogens (tertiary/aromatic N) is 2. The third-order valence-electron chi connectivity index (χ3n) is 11.8. The predicted molar refractivity (Wildman–Crippen MR) is 227 cm³/mol. The van der Waals surface area contributed by atoms with E-state index in [0.717, 1.165) is 19.3 Å². The summed E-state index contributed by atoms with van der Waals surface area (Å²) < 4.78 is 5.01. The Labute approximate surface area is 308 Å². The third kappa shape index (κ3) is 4.65. The molecule has 252 valence electrons. The Bertz CT molecular complexity index is 3070. The van der Waals surface area contributed by atoms with Crippen molar-refractivity contribution < 1.29 is 0 Å². The second-order valence-electron chi connectivity index (χ2n) is 14.9. The lowest BCUT2D eigenvalue weighted by Gasteiger charge is -2.22. The molecule has 0 fully saturated rings. The van der Waals surface area contributed by atoms with Crippen LogP contribution in [-0.4, -0.2) is 9.13 Å². The number of hydrogen-bond donors (Lipinski definition) is 0. The molecule has 0 spiro atoms. The van der Waals surface area contributed by atoms with Crippen molar-refractivity contribution in [3.05, 3.63) is 186 Å². The zero-order valence-corrected chi connectivity index (χ0v) is 29.8. The smallest absolute Gasteiger partial charge is 0.0544 e. The summed E-state index contributed by atoms with van der Waals surface area (Å²) in [5, 5.41) is 11.7. The van der Waals surface area contributed by atoms with Crippen molar-refractivity contribution in [3.8, 4) is 5.69 Å². The van der Waals surface area contributed by atoms with Crippen LogP contribution >= 0.6 is 0 Å². The van der Waals surface area contributed by atoms with Crippen molar-refractivity contribution in [2.45, 2.75) is 32.1 Å². The van der Waals surface area contributed by atoms with E-state index >= 15 is 0 Å². The summed E-state index contributed by atoms with van der Waals surface area (Å²) in [5.74, 6) is 0.253. The highest BCUT2D eigenvalue weighted by Crippen LogP contribution is 2.42. The van der Waals surface area contributed by atoms with Gasteiger partial charge in [-0.2, -0.15) is 0 Å². The minimum atomic E-state index is 0.253. The topological polar surface area (TPSA) is 9.86 Å². The summed E-state index contributed by atoms with van der Waals surface area (Å²) in [6, 6.07) is 49.7. The van der Waals surface area contributed by atoms with Crippen LogP contribution in [0.1, 0.15) is 42.5 Å². The van der Waals surface area contributed by atoms with Gasteiger partial charge in [0.25, 0.3) is 0 Å². The van der Waals surface area contributed by atoms with Gasteiger partial charge in [-0.25, -0.2) is 0 Å². The van der Waals surface area contributed by atoms with E-state index in [0.29, 0.717) is 0 Å². The minimum Gasteiger partial charge on any atom is -0.313 e. The van der Waals surface area contributed by atoms with Gasteiger partial charge in [-0.1, -0.05) is 133 Å². The first kappa shape index (κ1) is 30.3. The van der Waals surface area contributed by atoms with Crippen molar-refractivity contribution >= 4 is 76.8 Å². The van der Waals surface area contributed by atoms with Gasteiger partial charge in [-0.05, 0) is 107 Å². The van der Waals surface area contributed by atoms with Gasteiger partial charge in [0.15, 0.2) is 0 Å². The van der Waals surface area contributed by atoms with E-state index in [-0.39, 0.29) is 5.92 Å². The maximum Gasteiger partial charge on any atom is 0.0544 e. The van der Waals surface area contributed by atoms with Gasteiger partial charge in [-0.3, -0.25) is 0 Å². The van der Waals surface area contributed by atoms with E-state index in [2.05, 4.69) is 186 Å². The minimum absolute atomic E-state index is 0.253. The molecule has 0 saturated heterocycles. The molecule has 0 amide bonds. The number of rotatable bonds is 3. The molecular formula is C51H38N2. The summed E-state index contributed by atoms with van der Waals surface area (Å²) in [4.78, 5) is 0. The SMILES string of the molecule is C\C1=C/C=C(n2c3c(c4ccccc42)C=CC(c2ccc4c5ccccc5n(-c5ccc6c7ccccc7c7ccccc7c6c5)c4c2)C3)\C=C/CC1. The Balaban J connectivity index is 1.09. The summed E-state index contributed by atoms with van der Waals surface area (Å²) in [7, 11) is 0. The standard InChI is InChI=1S/C51H38N2/c1-33-12-2-3-13-36(25-22-33)52-48-20-10-8-18-43(48)45-27-23-34(30-50(45)52)35-24-28-46-44-19-9-11-21-49(44)53(51(46)31-35)37-26-29-42-40-16-5-4-14-38(40)39-15-6-7-17-41(39)47(42)32-37/h3-11,13-29,31-32,34H,2,12,30H2,1H3/b13-3-,33-22+,36-25+. The van der Waals surface area contributed by atoms with Crippen molar-refractivity contribution in [3.63, 3.8) is 0 Å². The van der Waals surface area contributed by atoms with Crippen LogP contribution in [0.3, 0.4) is 0 Å². The number of benzene rings is 7. The molecule has 1 atom stereocenters. The lowest BCUT2D eigenvalue weighted by molar-refractivity contribution is 0.788. The Morgan fingerprint density at radius 3 is 1.87 bits per heavy atom. The molecule has 0 radical (unpaired) electrons. The fourth-order valence-electron chi connectivity index (χ4n) is 9.28. The molecule has 9 aromatic rings. The number of allylic oxidation sites excluding steroid dienone is 7. The van der Waals surface area contributed by atoms with Crippen LogP contribution in [0.2, 0.25) is 0 Å². The van der Waals surface area contributed by atoms with Crippen LogP contribution in [0.15, 0.2) is 169 Å². The highest BCUT2D eigenvalue weighted by molar-refractivity contribution is 6.25. The van der Waals surface area contributed by atoms with E-state index in [4.69, 9.17) is 0 Å². The molecule has 0 bridgehead atoms. The van der Waals surface area contributed by atoms with Crippen LogP contribution < -0.4 is 0 Å². The molecule has 0 N–H and O–H groups in total. The third-order valence-corrected chi connectivity index (χ3v) is 11.8. The molecule has 1 unspecified atom stereocenters. The van der Waals surface area contributed by atoms with Crippen molar-refractivity contribution in [2.24, 2.45) is 0 Å². The molecule has 2 aliphatic carbocycles. The van der Waals surface area contributed by atoms with E-state index < -0.39 is 0 Å². The van der Waals surface area contributed by atoms with Gasteiger partial charge >= 0.3 is 0 Å². The quantitative estimate of drug-likeness (QED) is 0.165. The van der Waals surface area contributed by atoms with Crippen LogP contribution in [0, 0.1) is 0 Å². The molecule has 0 saturated carbocycles. The van der Waals surface area contributed by atoms with Gasteiger partial charge < -0.3 is 9.13 Å². The van der Waals surface area contributed by atoms with Gasteiger partial charge in [0.1, 0.15) is 0 Å². The fourth-order valence-corrected chi connectivity index (χ4v) is 9.28. The fraction of sp³-hybridized carbons (Fsp3) is 0.0980. The van der Waals surface area contributed by atoms with Crippen LogP contribution in [0.4, 0.5) is 0 Å². The van der Waals surface area contributed by atoms with Crippen molar-refractivity contribution in [1.82, 2.24) is 9.13 Å². The number of fused-ring (bicyclic) bond motifs is 12. The summed E-state index contributed by atoms with van der Waals surface area (Å²) in [6.07, 6.45) is 17.2. The van der Waals surface area contributed by atoms with E-state index in [1.165, 1.54) is 98.8 Å². The maximum absolute atomic E-state index is 2.52. The molecule has 2 nitrogen and oxygen atoms in total. The van der Waals surface area contributed by atoms with Gasteiger partial charge in [0.2, 0.25) is 0 Å². The molecule has 7 aromatic carbocycles. The van der Waals surface area contributed by atoms with E-state index in [1.807, 2.05) is 0 Å². The van der Waals surface area contributed by atoms with Crippen LogP contribution in [0.5, 0.6) is 0 Å². The average molecular weight is 679 g/mol. The Morgan fingerprint density at radius 1 is 0.509 bits per heavy atom. The zero-order valence-electron chi connectivity index (χ0n) is 29.8. The summed E-state index contributed by atoms with van der Waals surface area (Å²) in [5.41, 5.74) is 11.7. The molecule has 11 rings (SSSR count). The van der Waals surface area contributed by atoms with E-state index in [1.54, 1.807) is 0 Å². The molecule has 2 aromatic heterocycles. The van der Waals surface area contributed by atoms with Gasteiger partial charge in [0.05, 0.1) is 16.6 Å². The lowest BCUT2D eigenvalue weighted by Crippen LogP contribution is -2.10. The first-order valence-electron chi connectivity index (χ1n) is 18.9. The summed E-state index contributed by atoms with van der Waals surface area (Å²) in [6.45, 7) is 2.24. The second kappa shape index (κ2) is 11.8. The van der Waals surface area contributed by atoms with Crippen molar-refractivity contribution in [1.29, 1.82) is 0 Å². The lowest BCUT2D eigenvalue weighted by atomic mass is 9.87. The highest BCUT2D eigenvalue weighted by Gasteiger charge is 2.25. The largest absolute Gasteiger partial charge is 0.313 e. The first-order valence-corrected chi connectivity index (χ1v) is 18.9. The molecule has 2 heterocycles. The van der Waals surface area contributed by atoms with Crippen LogP contribution in [0.25, 0.3) is 82.5 Å². The molecule has 0 aliphatic heterocycles. The highest BCUT2D eigenvalue weighted by atomic mass is 15.0. The van der Waals surface area contributed by atoms with Crippen LogP contribution in [-0.2, 0) is 6.42 Å². The molecule has 2 heteroatoms. The van der Waals surface area contributed by atoms with Gasteiger partial charge in [0, 0.05) is 44.7 Å². The number of hydrogen-bond acceptors (Lipinski definition) is 0. The Hall–Kier alpha value is -6.38.